The topological polar surface area (TPSA) is 145 Å². The Kier molecular flexibility index (Phi) is 8.59. The van der Waals surface area contributed by atoms with Crippen LogP contribution in [-0.2, 0) is 9.47 Å². The molecule has 2 aliphatic rings. The Morgan fingerprint density at radius 1 is 0.909 bits per heavy atom. The Morgan fingerprint density at radius 2 is 1.61 bits per heavy atom. The summed E-state index contributed by atoms with van der Waals surface area (Å²) in [5.74, 6) is 0.281. The maximum Gasteiger partial charge on any atom is 0.414 e. The molecule has 2 fully saturated rings. The van der Waals surface area contributed by atoms with Gasteiger partial charge in [0.15, 0.2) is 5.58 Å². The first-order valence-corrected chi connectivity index (χ1v) is 15.3. The highest BCUT2D eigenvalue weighted by Crippen LogP contribution is 2.42. The molecule has 0 aromatic carbocycles. The van der Waals surface area contributed by atoms with Crippen LogP contribution in [0.15, 0.2) is 35.1 Å². The molecule has 3 atom stereocenters. The smallest absolute Gasteiger partial charge is 0.414 e. The van der Waals surface area contributed by atoms with Crippen LogP contribution in [0.5, 0.6) is 0 Å². The van der Waals surface area contributed by atoms with Gasteiger partial charge in [-0.1, -0.05) is 6.92 Å². The van der Waals surface area contributed by atoms with Crippen molar-refractivity contribution in [3.8, 4) is 0 Å². The highest BCUT2D eigenvalue weighted by Gasteiger charge is 2.33. The van der Waals surface area contributed by atoms with Crippen molar-refractivity contribution < 1.29 is 28.3 Å². The summed E-state index contributed by atoms with van der Waals surface area (Å²) < 4.78 is 16.9. The van der Waals surface area contributed by atoms with Crippen molar-refractivity contribution in [1.82, 2.24) is 15.3 Å². The van der Waals surface area contributed by atoms with E-state index in [1.807, 2.05) is 32.9 Å². The molecule has 11 nitrogen and oxygen atoms in total. The predicted octanol–water partition coefficient (Wildman–Crippen LogP) is 7.50. The van der Waals surface area contributed by atoms with Gasteiger partial charge in [0.1, 0.15) is 22.3 Å². The fourth-order valence-corrected chi connectivity index (χ4v) is 5.83. The third-order valence-corrected chi connectivity index (χ3v) is 7.65. The number of carbonyl (C=O) groups excluding carboxylic acids is 3. The van der Waals surface area contributed by atoms with Crippen LogP contribution < -0.4 is 16.0 Å². The molecule has 2 saturated carbocycles. The number of anilines is 2. The molecule has 3 N–H and O–H groups in total. The molecule has 44 heavy (non-hydrogen) atoms. The van der Waals surface area contributed by atoms with Gasteiger partial charge in [0.2, 0.25) is 5.88 Å². The van der Waals surface area contributed by atoms with Crippen LogP contribution in [0, 0.1) is 5.92 Å². The second kappa shape index (κ2) is 12.1. The molecular formula is C33H43N5O6. The molecule has 3 amide bonds. The Morgan fingerprint density at radius 3 is 2.30 bits per heavy atom. The van der Waals surface area contributed by atoms with E-state index >= 15 is 0 Å². The average Bonchev–Trinajstić information content (AvgIpc) is 3.67. The number of pyridine rings is 2. The Hall–Kier alpha value is -4.15. The molecule has 3 aromatic heterocycles. The van der Waals surface area contributed by atoms with Gasteiger partial charge in [-0.15, -0.1) is 0 Å². The van der Waals surface area contributed by atoms with Crippen molar-refractivity contribution in [3.05, 3.63) is 47.4 Å². The van der Waals surface area contributed by atoms with Crippen molar-refractivity contribution in [2.75, 3.05) is 10.6 Å². The van der Waals surface area contributed by atoms with Crippen molar-refractivity contribution >= 4 is 40.8 Å². The minimum Gasteiger partial charge on any atom is -0.444 e. The van der Waals surface area contributed by atoms with Crippen LogP contribution >= 0.6 is 0 Å². The number of hydrogen-bond acceptors (Lipinski definition) is 8. The van der Waals surface area contributed by atoms with Crippen molar-refractivity contribution in [2.45, 2.75) is 110 Å². The largest absolute Gasteiger partial charge is 0.444 e. The summed E-state index contributed by atoms with van der Waals surface area (Å²) in [5, 5.41) is 8.65. The third kappa shape index (κ3) is 7.86. The molecular weight excluding hydrogens is 562 g/mol. The van der Waals surface area contributed by atoms with E-state index in [1.54, 1.807) is 39.4 Å². The summed E-state index contributed by atoms with van der Waals surface area (Å²) in [5.41, 5.74) is 2.02. The first-order chi connectivity index (χ1) is 20.6. The zero-order chi connectivity index (χ0) is 31.8. The highest BCUT2D eigenvalue weighted by atomic mass is 16.6. The Labute approximate surface area is 257 Å². The second-order valence-electron chi connectivity index (χ2n) is 14.1. The maximum atomic E-state index is 13.9. The minimum absolute atomic E-state index is 0.0365. The summed E-state index contributed by atoms with van der Waals surface area (Å²) in [7, 11) is 0. The van der Waals surface area contributed by atoms with E-state index in [2.05, 4.69) is 32.8 Å². The average molecular weight is 606 g/mol. The molecule has 2 aliphatic carbocycles. The van der Waals surface area contributed by atoms with Crippen LogP contribution in [-0.4, -0.2) is 45.3 Å². The summed E-state index contributed by atoms with van der Waals surface area (Å²) in [6, 6.07) is 3.70. The van der Waals surface area contributed by atoms with Crippen LogP contribution in [0.2, 0.25) is 0 Å². The fraction of sp³-hybridized carbons (Fsp3) is 0.545. The van der Waals surface area contributed by atoms with Crippen LogP contribution in [0.25, 0.3) is 11.1 Å². The summed E-state index contributed by atoms with van der Waals surface area (Å²) >= 11 is 0. The number of fused-ring (bicyclic) bond motifs is 1. The number of hydrogen-bond donors (Lipinski definition) is 3. The lowest BCUT2D eigenvalue weighted by Crippen LogP contribution is -2.42. The molecule has 0 radical (unpaired) electrons. The molecule has 3 aromatic rings. The first-order valence-electron chi connectivity index (χ1n) is 15.3. The Balaban J connectivity index is 1.41. The van der Waals surface area contributed by atoms with Crippen LogP contribution in [0.4, 0.5) is 21.2 Å². The molecule has 5 rings (SSSR count). The lowest BCUT2D eigenvalue weighted by Gasteiger charge is -2.35. The highest BCUT2D eigenvalue weighted by molar-refractivity contribution is 6.16. The molecule has 1 unspecified atom stereocenters. The van der Waals surface area contributed by atoms with Gasteiger partial charge < -0.3 is 24.5 Å². The normalized spacial score (nSPS) is 20.6. The van der Waals surface area contributed by atoms with Crippen molar-refractivity contribution in [1.29, 1.82) is 0 Å². The van der Waals surface area contributed by atoms with Gasteiger partial charge in [0.05, 0.1) is 11.9 Å². The van der Waals surface area contributed by atoms with Crippen molar-refractivity contribution in [3.63, 3.8) is 0 Å². The molecule has 0 aliphatic heterocycles. The second-order valence-corrected chi connectivity index (χ2v) is 14.1. The third-order valence-electron chi connectivity index (χ3n) is 7.65. The van der Waals surface area contributed by atoms with Gasteiger partial charge in [-0.2, -0.15) is 0 Å². The number of aromatic nitrogens is 2. The molecule has 3 heterocycles. The number of nitrogens with zero attached hydrogens (tertiary/aromatic N) is 2. The van der Waals surface area contributed by atoms with Gasteiger partial charge in [-0.25, -0.2) is 9.59 Å². The number of furan rings is 1. The van der Waals surface area contributed by atoms with Crippen LogP contribution in [0.3, 0.4) is 0 Å². The van der Waals surface area contributed by atoms with E-state index in [1.165, 1.54) is 0 Å². The fourth-order valence-electron chi connectivity index (χ4n) is 5.83. The van der Waals surface area contributed by atoms with Gasteiger partial charge in [0.25, 0.3) is 5.91 Å². The van der Waals surface area contributed by atoms with Crippen LogP contribution in [0.1, 0.15) is 114 Å². The lowest BCUT2D eigenvalue weighted by molar-refractivity contribution is 0.0481. The predicted molar refractivity (Wildman–Crippen MR) is 167 cm³/mol. The molecule has 0 bridgehead atoms. The number of amides is 3. The summed E-state index contributed by atoms with van der Waals surface area (Å²) in [4.78, 5) is 48.0. The summed E-state index contributed by atoms with van der Waals surface area (Å²) in [6.07, 6.45) is 8.46. The van der Waals surface area contributed by atoms with Gasteiger partial charge in [-0.05, 0) is 115 Å². The van der Waals surface area contributed by atoms with E-state index in [0.29, 0.717) is 35.0 Å². The van der Waals surface area contributed by atoms with E-state index in [-0.39, 0.29) is 23.4 Å². The van der Waals surface area contributed by atoms with E-state index in [4.69, 9.17) is 13.9 Å². The van der Waals surface area contributed by atoms with Gasteiger partial charge in [0, 0.05) is 18.4 Å². The minimum atomic E-state index is -0.742. The van der Waals surface area contributed by atoms with Gasteiger partial charge >= 0.3 is 12.2 Å². The SMILES string of the molecule is C[C@@H]1CC(NC(=O)OC(C)(C)C)C[C@H](c2ccncc2NC(=O)c2c(NC(=O)OC(C)(C)C)oc3cc(C4CC4)cnc23)C1. The van der Waals surface area contributed by atoms with Crippen molar-refractivity contribution in [2.24, 2.45) is 5.92 Å². The number of ether oxygens (including phenoxy) is 2. The van der Waals surface area contributed by atoms with E-state index < -0.39 is 29.3 Å². The number of rotatable bonds is 6. The number of nitrogens with one attached hydrogen (secondary N) is 3. The molecule has 0 saturated heterocycles. The maximum absolute atomic E-state index is 13.9. The number of alkyl carbamates (subject to hydrolysis) is 1. The monoisotopic (exact) mass is 605 g/mol. The van der Waals surface area contributed by atoms with Gasteiger partial charge in [-0.3, -0.25) is 20.1 Å². The molecule has 236 valence electrons. The zero-order valence-corrected chi connectivity index (χ0v) is 26.6. The lowest BCUT2D eigenvalue weighted by atomic mass is 9.76. The number of carbonyl (C=O) groups is 3. The standard InChI is InChI=1S/C33H43N5O6/c1-18-12-20(14-22(13-18)36-30(40)43-32(2,3)4)23-10-11-34-17-24(23)37-28(39)26-27-25(15-21(16-35-27)19-8-9-19)42-29(26)38-31(41)44-33(5,6)7/h10-11,15-20,22H,8-9,12-14H2,1-7H3,(H,36,40)(H,37,39)(H,38,41)/t18-,20+,22?/m0/s1. The molecule has 11 heteroatoms. The Bertz CT molecular complexity index is 1550. The summed E-state index contributed by atoms with van der Waals surface area (Å²) in [6.45, 7) is 12.9. The first kappa shape index (κ1) is 31.3. The molecule has 0 spiro atoms. The quantitative estimate of drug-likeness (QED) is 0.262. The zero-order valence-electron chi connectivity index (χ0n) is 26.6. The van der Waals surface area contributed by atoms with E-state index in [0.717, 1.165) is 36.8 Å². The van der Waals surface area contributed by atoms with E-state index in [9.17, 15) is 14.4 Å².